The van der Waals surface area contributed by atoms with Crippen LogP contribution in [0, 0.1) is 19.8 Å². The van der Waals surface area contributed by atoms with Crippen LogP contribution in [0.25, 0.3) is 0 Å². The largest absolute Gasteiger partial charge is 0.508 e. The maximum absolute atomic E-state index is 12.4. The number of carbonyl (C=O) groups excluding carboxylic acids is 1. The topological polar surface area (TPSA) is 49.3 Å². The normalized spacial score (nSPS) is 20.2. The number of aromatic hydroxyl groups is 1. The lowest BCUT2D eigenvalue weighted by Gasteiger charge is -2.23. The van der Waals surface area contributed by atoms with Crippen LogP contribution in [0.15, 0.2) is 12.1 Å². The zero-order valence-corrected chi connectivity index (χ0v) is 10.4. The van der Waals surface area contributed by atoms with E-state index in [0.29, 0.717) is 0 Å². The Hall–Kier alpha value is -1.35. The van der Waals surface area contributed by atoms with Gasteiger partial charge in [-0.05, 0) is 56.5 Å². The van der Waals surface area contributed by atoms with E-state index < -0.39 is 0 Å². The highest BCUT2D eigenvalue weighted by Crippen LogP contribution is 2.25. The van der Waals surface area contributed by atoms with Crippen LogP contribution in [0.3, 0.4) is 0 Å². The van der Waals surface area contributed by atoms with Crippen molar-refractivity contribution in [3.05, 3.63) is 28.8 Å². The number of hydrogen-bond acceptors (Lipinski definition) is 3. The zero-order valence-electron chi connectivity index (χ0n) is 10.4. The SMILES string of the molecule is Cc1cc(O)cc(C)c1C(=O)C1CCCNC1. The lowest BCUT2D eigenvalue weighted by atomic mass is 9.87. The lowest BCUT2D eigenvalue weighted by molar-refractivity contribution is 0.0898. The van der Waals surface area contributed by atoms with Gasteiger partial charge >= 0.3 is 0 Å². The number of Topliss-reactive ketones (excluding diaryl/α,β-unsaturated/α-hetero) is 1. The molecule has 92 valence electrons. The van der Waals surface area contributed by atoms with Gasteiger partial charge < -0.3 is 10.4 Å². The van der Waals surface area contributed by atoms with Crippen molar-refractivity contribution in [2.75, 3.05) is 13.1 Å². The first-order chi connectivity index (χ1) is 8.09. The van der Waals surface area contributed by atoms with Gasteiger partial charge in [0.15, 0.2) is 5.78 Å². The molecular weight excluding hydrogens is 214 g/mol. The maximum Gasteiger partial charge on any atom is 0.167 e. The molecule has 1 aromatic carbocycles. The number of phenolic OH excluding ortho intramolecular Hbond substituents is 1. The average Bonchev–Trinajstić information content (AvgIpc) is 2.28. The molecule has 1 unspecified atom stereocenters. The van der Waals surface area contributed by atoms with Crippen molar-refractivity contribution >= 4 is 5.78 Å². The molecule has 2 rings (SSSR count). The van der Waals surface area contributed by atoms with Crippen molar-refractivity contribution < 1.29 is 9.90 Å². The minimum absolute atomic E-state index is 0.0886. The van der Waals surface area contributed by atoms with E-state index in [0.717, 1.165) is 42.6 Å². The maximum atomic E-state index is 12.4. The summed E-state index contributed by atoms with van der Waals surface area (Å²) < 4.78 is 0. The number of rotatable bonds is 2. The molecule has 0 amide bonds. The fraction of sp³-hybridized carbons (Fsp3) is 0.500. The number of ketones is 1. The number of benzene rings is 1. The molecule has 2 N–H and O–H groups in total. The van der Waals surface area contributed by atoms with Crippen LogP contribution in [0.4, 0.5) is 0 Å². The minimum atomic E-state index is 0.0886. The number of nitrogens with one attached hydrogen (secondary N) is 1. The van der Waals surface area contributed by atoms with Crippen LogP contribution in [-0.2, 0) is 0 Å². The predicted molar refractivity (Wildman–Crippen MR) is 67.5 cm³/mol. The molecule has 17 heavy (non-hydrogen) atoms. The Bertz CT molecular complexity index is 411. The van der Waals surface area contributed by atoms with Gasteiger partial charge in [-0.1, -0.05) is 0 Å². The Labute approximate surface area is 102 Å². The second-order valence-corrected chi connectivity index (χ2v) is 4.86. The third kappa shape index (κ3) is 2.50. The van der Waals surface area contributed by atoms with E-state index >= 15 is 0 Å². The first-order valence-corrected chi connectivity index (χ1v) is 6.14. The van der Waals surface area contributed by atoms with Crippen molar-refractivity contribution in [3.63, 3.8) is 0 Å². The minimum Gasteiger partial charge on any atom is -0.508 e. The second-order valence-electron chi connectivity index (χ2n) is 4.86. The van der Waals surface area contributed by atoms with Gasteiger partial charge in [0.25, 0.3) is 0 Å². The summed E-state index contributed by atoms with van der Waals surface area (Å²) >= 11 is 0. The Balaban J connectivity index is 2.30. The Morgan fingerprint density at radius 3 is 2.53 bits per heavy atom. The number of carbonyl (C=O) groups is 1. The van der Waals surface area contributed by atoms with Gasteiger partial charge in [0, 0.05) is 18.0 Å². The smallest absolute Gasteiger partial charge is 0.167 e. The molecule has 0 radical (unpaired) electrons. The molecule has 1 aliphatic heterocycles. The van der Waals surface area contributed by atoms with Gasteiger partial charge in [0.05, 0.1) is 0 Å². The molecule has 0 aromatic heterocycles. The van der Waals surface area contributed by atoms with E-state index in [1.165, 1.54) is 0 Å². The summed E-state index contributed by atoms with van der Waals surface area (Å²) in [6, 6.07) is 3.33. The Morgan fingerprint density at radius 1 is 1.35 bits per heavy atom. The van der Waals surface area contributed by atoms with Crippen molar-refractivity contribution in [3.8, 4) is 5.75 Å². The second kappa shape index (κ2) is 4.88. The molecule has 3 heteroatoms. The molecule has 3 nitrogen and oxygen atoms in total. The van der Waals surface area contributed by atoms with Crippen LogP contribution in [0.1, 0.15) is 34.3 Å². The highest BCUT2D eigenvalue weighted by Gasteiger charge is 2.24. The van der Waals surface area contributed by atoms with Crippen molar-refractivity contribution in [1.82, 2.24) is 5.32 Å². The standard InChI is InChI=1S/C14H19NO2/c1-9-6-12(16)7-10(2)13(9)14(17)11-4-3-5-15-8-11/h6-7,11,15-16H,3-5,8H2,1-2H3. The lowest BCUT2D eigenvalue weighted by Crippen LogP contribution is -2.34. The summed E-state index contributed by atoms with van der Waals surface area (Å²) in [7, 11) is 0. The molecule has 1 fully saturated rings. The van der Waals surface area contributed by atoms with Crippen LogP contribution in [0.5, 0.6) is 5.75 Å². The summed E-state index contributed by atoms with van der Waals surface area (Å²) in [5, 5.41) is 12.8. The Morgan fingerprint density at radius 2 is 2.00 bits per heavy atom. The van der Waals surface area contributed by atoms with Gasteiger partial charge in [0.2, 0.25) is 0 Å². The first kappa shape index (κ1) is 12.1. The monoisotopic (exact) mass is 233 g/mol. The van der Waals surface area contributed by atoms with Crippen LogP contribution < -0.4 is 5.32 Å². The fourth-order valence-corrected chi connectivity index (χ4v) is 2.61. The summed E-state index contributed by atoms with van der Waals surface area (Å²) in [4.78, 5) is 12.4. The quantitative estimate of drug-likeness (QED) is 0.770. The van der Waals surface area contributed by atoms with E-state index in [4.69, 9.17) is 0 Å². The highest BCUT2D eigenvalue weighted by atomic mass is 16.3. The summed E-state index contributed by atoms with van der Waals surface area (Å²) in [5.41, 5.74) is 2.53. The van der Waals surface area contributed by atoms with E-state index in [1.54, 1.807) is 12.1 Å². The molecule has 0 bridgehead atoms. The molecule has 1 heterocycles. The molecule has 1 aliphatic rings. The van der Waals surface area contributed by atoms with Crippen molar-refractivity contribution in [2.24, 2.45) is 5.92 Å². The summed E-state index contributed by atoms with van der Waals surface area (Å²) in [6.45, 7) is 5.56. The van der Waals surface area contributed by atoms with Gasteiger partial charge in [-0.3, -0.25) is 4.79 Å². The van der Waals surface area contributed by atoms with E-state index in [2.05, 4.69) is 5.32 Å². The van der Waals surface area contributed by atoms with Gasteiger partial charge in [0.1, 0.15) is 5.75 Å². The van der Waals surface area contributed by atoms with Crippen molar-refractivity contribution in [1.29, 1.82) is 0 Å². The molecular formula is C14H19NO2. The highest BCUT2D eigenvalue weighted by molar-refractivity contribution is 6.00. The van der Waals surface area contributed by atoms with Crippen LogP contribution in [0.2, 0.25) is 0 Å². The molecule has 0 saturated carbocycles. The van der Waals surface area contributed by atoms with Crippen LogP contribution >= 0.6 is 0 Å². The molecule has 0 aliphatic carbocycles. The van der Waals surface area contributed by atoms with E-state index in [9.17, 15) is 9.90 Å². The number of phenols is 1. The fourth-order valence-electron chi connectivity index (χ4n) is 2.61. The van der Waals surface area contributed by atoms with E-state index in [-0.39, 0.29) is 17.5 Å². The third-order valence-corrected chi connectivity index (χ3v) is 3.43. The van der Waals surface area contributed by atoms with E-state index in [1.807, 2.05) is 13.8 Å². The average molecular weight is 233 g/mol. The van der Waals surface area contributed by atoms with Crippen molar-refractivity contribution in [2.45, 2.75) is 26.7 Å². The molecule has 1 atom stereocenters. The van der Waals surface area contributed by atoms with Gasteiger partial charge in [-0.25, -0.2) is 0 Å². The number of piperidine rings is 1. The number of aryl methyl sites for hydroxylation is 2. The first-order valence-electron chi connectivity index (χ1n) is 6.14. The van der Waals surface area contributed by atoms with Gasteiger partial charge in [-0.15, -0.1) is 0 Å². The summed E-state index contributed by atoms with van der Waals surface area (Å²) in [5.74, 6) is 0.538. The van der Waals surface area contributed by atoms with Gasteiger partial charge in [-0.2, -0.15) is 0 Å². The molecule has 1 aromatic rings. The predicted octanol–water partition coefficient (Wildman–Crippen LogP) is 2.19. The Kier molecular flexibility index (Phi) is 3.48. The number of hydrogen-bond donors (Lipinski definition) is 2. The molecule has 0 spiro atoms. The summed E-state index contributed by atoms with van der Waals surface area (Å²) in [6.07, 6.45) is 2.03. The third-order valence-electron chi connectivity index (χ3n) is 3.43. The van der Waals surface area contributed by atoms with Crippen LogP contribution in [-0.4, -0.2) is 24.0 Å². The zero-order chi connectivity index (χ0) is 12.4. The molecule has 1 saturated heterocycles.